The largest absolute Gasteiger partial charge is 0.494 e. The van der Waals surface area contributed by atoms with Crippen LogP contribution >= 0.6 is 11.8 Å². The summed E-state index contributed by atoms with van der Waals surface area (Å²) in [5.41, 5.74) is 2.26. The van der Waals surface area contributed by atoms with Gasteiger partial charge in [-0.15, -0.1) is 18.2 Å². The molecule has 2 aromatic rings. The van der Waals surface area contributed by atoms with Crippen LogP contribution in [0, 0.1) is 19.3 Å². The number of benzene rings is 2. The molecule has 2 amide bonds. The van der Waals surface area contributed by atoms with E-state index in [1.165, 1.54) is 11.8 Å². The van der Waals surface area contributed by atoms with E-state index >= 15 is 0 Å². The number of nitrogens with zero attached hydrogens (tertiary/aromatic N) is 1. The van der Waals surface area contributed by atoms with Crippen molar-refractivity contribution in [3.8, 4) is 18.1 Å². The highest BCUT2D eigenvalue weighted by atomic mass is 32.2. The molecule has 1 heterocycles. The Kier molecular flexibility index (Phi) is 13.7. The normalized spacial score (nSPS) is 21.6. The lowest BCUT2D eigenvalue weighted by molar-refractivity contribution is -0.200. The molecular formula is C34H47N3O7S. The minimum Gasteiger partial charge on any atom is -0.494 e. The Bertz CT molecular complexity index is 1310. The van der Waals surface area contributed by atoms with Gasteiger partial charge in [-0.25, -0.2) is 0 Å². The number of aryl methyl sites for hydroxylation is 1. The minimum atomic E-state index is -1.30. The molecule has 5 atom stereocenters. The van der Waals surface area contributed by atoms with Crippen LogP contribution in [0.1, 0.15) is 55.0 Å². The van der Waals surface area contributed by atoms with E-state index in [-0.39, 0.29) is 18.2 Å². The first-order valence-electron chi connectivity index (χ1n) is 15.1. The molecule has 1 fully saturated rings. The van der Waals surface area contributed by atoms with Crippen LogP contribution in [0.3, 0.4) is 0 Å². The molecule has 1 aliphatic rings. The number of likely N-dealkylation sites (N-methyl/N-ethyl adjacent to an activating group) is 1. The quantitative estimate of drug-likeness (QED) is 0.146. The lowest BCUT2D eigenvalue weighted by atomic mass is 9.91. The molecule has 45 heavy (non-hydrogen) atoms. The highest BCUT2D eigenvalue weighted by Crippen LogP contribution is 2.36. The molecule has 2 aromatic carbocycles. The van der Waals surface area contributed by atoms with Crippen LogP contribution in [0.25, 0.3) is 0 Å². The van der Waals surface area contributed by atoms with Crippen LogP contribution in [-0.2, 0) is 20.7 Å². The van der Waals surface area contributed by atoms with E-state index in [1.807, 2.05) is 61.3 Å². The molecule has 11 heteroatoms. The number of rotatable bonds is 15. The number of carbonyl (C=O) groups is 2. The van der Waals surface area contributed by atoms with Crippen molar-refractivity contribution in [2.45, 2.75) is 75.4 Å². The van der Waals surface area contributed by atoms with Gasteiger partial charge in [-0.1, -0.05) is 36.3 Å². The molecule has 10 nitrogen and oxygen atoms in total. The van der Waals surface area contributed by atoms with Crippen molar-refractivity contribution >= 4 is 23.6 Å². The number of amides is 2. The number of terminal acetylenes is 1. The Morgan fingerprint density at radius 3 is 2.49 bits per heavy atom. The van der Waals surface area contributed by atoms with Crippen LogP contribution in [0.15, 0.2) is 42.5 Å². The third-order valence-electron chi connectivity index (χ3n) is 7.80. The third-order valence-corrected chi connectivity index (χ3v) is 8.65. The van der Waals surface area contributed by atoms with Crippen molar-refractivity contribution < 1.29 is 34.4 Å². The van der Waals surface area contributed by atoms with Gasteiger partial charge in [0.25, 0.3) is 0 Å². The van der Waals surface area contributed by atoms with Crippen LogP contribution in [-0.4, -0.2) is 101 Å². The summed E-state index contributed by atoms with van der Waals surface area (Å²) < 4.78 is 11.8. The van der Waals surface area contributed by atoms with E-state index < -0.39 is 35.4 Å². The van der Waals surface area contributed by atoms with E-state index in [0.29, 0.717) is 44.8 Å². The van der Waals surface area contributed by atoms with E-state index in [9.17, 15) is 24.9 Å². The second-order valence-corrected chi connectivity index (χ2v) is 12.9. The average Bonchev–Trinajstić information content (AvgIpc) is 3.00. The first kappa shape index (κ1) is 36.4. The number of ether oxygens (including phenoxy) is 2. The molecule has 0 unspecified atom stereocenters. The number of thioether (sulfide) groups is 1. The molecule has 0 radical (unpaired) electrons. The van der Waals surface area contributed by atoms with E-state index in [4.69, 9.17) is 15.9 Å². The zero-order valence-electron chi connectivity index (χ0n) is 26.8. The molecule has 3 rings (SSSR count). The third kappa shape index (κ3) is 10.5. The van der Waals surface area contributed by atoms with Gasteiger partial charge in [0.2, 0.25) is 11.8 Å². The van der Waals surface area contributed by atoms with Crippen molar-refractivity contribution in [2.24, 2.45) is 0 Å². The monoisotopic (exact) mass is 641 g/mol. The van der Waals surface area contributed by atoms with Gasteiger partial charge in [-0.05, 0) is 81.3 Å². The summed E-state index contributed by atoms with van der Waals surface area (Å²) >= 11 is 1.29. The van der Waals surface area contributed by atoms with Crippen LogP contribution in [0.4, 0.5) is 0 Å². The number of nitrogens with one attached hydrogen (secondary N) is 2. The predicted molar refractivity (Wildman–Crippen MR) is 176 cm³/mol. The molecule has 0 saturated carbocycles. The number of carbonyl (C=O) groups excluding carboxylic acids is 2. The summed E-state index contributed by atoms with van der Waals surface area (Å²) in [5, 5.41) is 36.8. The van der Waals surface area contributed by atoms with Crippen LogP contribution < -0.4 is 15.4 Å². The minimum absolute atomic E-state index is 0.225. The standard InChI is InChI=1S/C34H47N3O7S/c1-7-17-37(5)18-16-35-33(42)34(3,4)36-27(38)9-8-19-43-26-14-11-23(12-15-26)20-25-21-24(13-10-22(25)2)31-29(40)28(39)30(41)32(44-31)45-6/h1,10-15,21,28-32,39-41H,8-9,16-20H2,2-6H3,(H,35,42)(H,36,38)/t28-,29-,30+,31+,32-/m1/s1. The van der Waals surface area contributed by atoms with Crippen LogP contribution in [0.5, 0.6) is 5.75 Å². The molecule has 0 spiro atoms. The van der Waals surface area contributed by atoms with Gasteiger partial charge in [0.15, 0.2) is 0 Å². The summed E-state index contributed by atoms with van der Waals surface area (Å²) in [4.78, 5) is 26.9. The van der Waals surface area contributed by atoms with Crippen molar-refractivity contribution in [2.75, 3.05) is 39.5 Å². The van der Waals surface area contributed by atoms with Crippen LogP contribution in [0.2, 0.25) is 0 Å². The fraction of sp³-hybridized carbons (Fsp3) is 0.529. The SMILES string of the molecule is C#CCN(C)CCNC(=O)C(C)(C)NC(=O)CCCOc1ccc(Cc2cc([C@@H]3O[C@H](SC)[C@@H](O)[C@H](O)[C@H]3O)ccc2C)cc1. The summed E-state index contributed by atoms with van der Waals surface area (Å²) in [7, 11) is 1.87. The average molecular weight is 642 g/mol. The molecular weight excluding hydrogens is 594 g/mol. The maximum absolute atomic E-state index is 12.5. The molecule has 0 bridgehead atoms. The van der Waals surface area contributed by atoms with Gasteiger partial charge in [0.1, 0.15) is 41.1 Å². The highest BCUT2D eigenvalue weighted by Gasteiger charge is 2.44. The van der Waals surface area contributed by atoms with Crippen molar-refractivity contribution in [1.82, 2.24) is 15.5 Å². The van der Waals surface area contributed by atoms with Crippen molar-refractivity contribution in [3.05, 3.63) is 64.7 Å². The smallest absolute Gasteiger partial charge is 0.245 e. The lowest BCUT2D eigenvalue weighted by Crippen LogP contribution is -2.55. The molecule has 5 N–H and O–H groups in total. The Labute approximate surface area is 270 Å². The van der Waals surface area contributed by atoms with E-state index in [0.717, 1.165) is 22.3 Å². The first-order chi connectivity index (χ1) is 21.4. The first-order valence-corrected chi connectivity index (χ1v) is 16.4. The van der Waals surface area contributed by atoms with E-state index in [2.05, 4.69) is 16.6 Å². The summed E-state index contributed by atoms with van der Waals surface area (Å²) in [5.74, 6) is 2.76. The van der Waals surface area contributed by atoms with Gasteiger partial charge in [0.05, 0.1) is 13.2 Å². The molecule has 1 saturated heterocycles. The Morgan fingerprint density at radius 2 is 1.82 bits per heavy atom. The van der Waals surface area contributed by atoms with Gasteiger partial charge in [-0.3, -0.25) is 14.5 Å². The summed E-state index contributed by atoms with van der Waals surface area (Å²) in [6.07, 6.45) is 3.98. The van der Waals surface area contributed by atoms with Gasteiger partial charge in [-0.2, -0.15) is 0 Å². The summed E-state index contributed by atoms with van der Waals surface area (Å²) in [6.45, 7) is 7.26. The molecule has 0 aliphatic carbocycles. The second-order valence-electron chi connectivity index (χ2n) is 12.0. The fourth-order valence-electron chi connectivity index (χ4n) is 5.01. The Morgan fingerprint density at radius 1 is 1.11 bits per heavy atom. The van der Waals surface area contributed by atoms with Gasteiger partial charge >= 0.3 is 0 Å². The van der Waals surface area contributed by atoms with Gasteiger partial charge < -0.3 is 35.4 Å². The lowest BCUT2D eigenvalue weighted by Gasteiger charge is -2.40. The zero-order valence-corrected chi connectivity index (χ0v) is 27.6. The Balaban J connectivity index is 1.46. The topological polar surface area (TPSA) is 141 Å². The zero-order chi connectivity index (χ0) is 33.1. The fourth-order valence-corrected chi connectivity index (χ4v) is 5.68. The van der Waals surface area contributed by atoms with E-state index in [1.54, 1.807) is 20.1 Å². The maximum atomic E-state index is 12.5. The molecule has 0 aromatic heterocycles. The highest BCUT2D eigenvalue weighted by molar-refractivity contribution is 7.99. The predicted octanol–water partition coefficient (Wildman–Crippen LogP) is 2.16. The second kappa shape index (κ2) is 17.0. The summed E-state index contributed by atoms with van der Waals surface area (Å²) in [6, 6.07) is 13.6. The van der Waals surface area contributed by atoms with Gasteiger partial charge in [0, 0.05) is 19.5 Å². The number of hydrogen-bond acceptors (Lipinski definition) is 9. The van der Waals surface area contributed by atoms with Crippen molar-refractivity contribution in [3.63, 3.8) is 0 Å². The number of aliphatic hydroxyl groups is 3. The Hall–Kier alpha value is -3.11. The van der Waals surface area contributed by atoms with Crippen molar-refractivity contribution in [1.29, 1.82) is 0 Å². The maximum Gasteiger partial charge on any atom is 0.245 e. The number of aliphatic hydroxyl groups excluding tert-OH is 3. The molecule has 246 valence electrons. The molecule has 1 aliphatic heterocycles. The number of hydrogen-bond donors (Lipinski definition) is 5.